The first-order chi connectivity index (χ1) is 9.58. The highest BCUT2D eigenvalue weighted by molar-refractivity contribution is 5.11. The summed E-state index contributed by atoms with van der Waals surface area (Å²) in [5, 5.41) is 8.03. The normalized spacial score (nSPS) is 23.7. The van der Waals surface area contributed by atoms with Crippen LogP contribution in [0.25, 0.3) is 0 Å². The second kappa shape index (κ2) is 7.23. The van der Waals surface area contributed by atoms with Gasteiger partial charge in [-0.2, -0.15) is 5.10 Å². The molecule has 0 bridgehead atoms. The molecule has 0 aliphatic carbocycles. The molecule has 1 fully saturated rings. The van der Waals surface area contributed by atoms with Crippen LogP contribution in [0, 0.1) is 11.8 Å². The number of ether oxygens (including phenoxy) is 1. The van der Waals surface area contributed by atoms with Gasteiger partial charge in [0.05, 0.1) is 12.3 Å². The van der Waals surface area contributed by atoms with Gasteiger partial charge < -0.3 is 10.1 Å². The number of nitrogens with zero attached hydrogens (tertiary/aromatic N) is 2. The lowest BCUT2D eigenvalue weighted by Gasteiger charge is -2.31. The second-order valence-corrected chi connectivity index (χ2v) is 6.59. The van der Waals surface area contributed by atoms with Crippen LogP contribution >= 0.6 is 0 Å². The molecule has 1 saturated heterocycles. The van der Waals surface area contributed by atoms with Crippen molar-refractivity contribution in [1.29, 1.82) is 0 Å². The zero-order chi connectivity index (χ0) is 14.5. The molecule has 0 amide bonds. The van der Waals surface area contributed by atoms with E-state index in [4.69, 9.17) is 4.74 Å². The van der Waals surface area contributed by atoms with Crippen molar-refractivity contribution >= 4 is 0 Å². The molecule has 2 unspecified atom stereocenters. The van der Waals surface area contributed by atoms with Crippen molar-refractivity contribution in [3.05, 3.63) is 18.0 Å². The zero-order valence-electron chi connectivity index (χ0n) is 13.3. The first-order valence-corrected chi connectivity index (χ1v) is 7.94. The standard InChI is InChI=1S/C16H29N3O/c1-12(2)8-17-9-14-6-5-7-20-16(14)15-10-18-19(11-15)13(3)4/h10-14,16-17H,5-9H2,1-4H3. The second-order valence-electron chi connectivity index (χ2n) is 6.59. The maximum absolute atomic E-state index is 6.03. The number of hydrogen-bond donors (Lipinski definition) is 1. The van der Waals surface area contributed by atoms with Crippen LogP contribution in [-0.4, -0.2) is 29.5 Å². The molecule has 0 saturated carbocycles. The van der Waals surface area contributed by atoms with Crippen molar-refractivity contribution in [1.82, 2.24) is 15.1 Å². The Morgan fingerprint density at radius 1 is 1.40 bits per heavy atom. The van der Waals surface area contributed by atoms with Gasteiger partial charge in [-0.3, -0.25) is 4.68 Å². The molecule has 0 aromatic carbocycles. The maximum atomic E-state index is 6.03. The van der Waals surface area contributed by atoms with Crippen molar-refractivity contribution in [2.24, 2.45) is 11.8 Å². The van der Waals surface area contributed by atoms with Gasteiger partial charge in [0.1, 0.15) is 0 Å². The van der Waals surface area contributed by atoms with E-state index in [1.165, 1.54) is 18.4 Å². The topological polar surface area (TPSA) is 39.1 Å². The quantitative estimate of drug-likeness (QED) is 0.869. The third-order valence-corrected chi connectivity index (χ3v) is 3.88. The Labute approximate surface area is 122 Å². The van der Waals surface area contributed by atoms with E-state index in [0.717, 1.165) is 19.7 Å². The van der Waals surface area contributed by atoms with Crippen LogP contribution < -0.4 is 5.32 Å². The van der Waals surface area contributed by atoms with Gasteiger partial charge in [0, 0.05) is 36.9 Å². The summed E-state index contributed by atoms with van der Waals surface area (Å²) in [6.07, 6.45) is 6.74. The average molecular weight is 279 g/mol. The molecule has 1 aromatic rings. The Bertz CT molecular complexity index is 400. The molecule has 1 aliphatic heterocycles. The van der Waals surface area contributed by atoms with E-state index in [2.05, 4.69) is 44.3 Å². The number of aromatic nitrogens is 2. The molecule has 1 aliphatic rings. The molecule has 0 spiro atoms. The molecular weight excluding hydrogens is 250 g/mol. The van der Waals surface area contributed by atoms with Gasteiger partial charge in [0.2, 0.25) is 0 Å². The molecular formula is C16H29N3O. The first kappa shape index (κ1) is 15.5. The molecule has 114 valence electrons. The summed E-state index contributed by atoms with van der Waals surface area (Å²) in [5.41, 5.74) is 1.23. The molecule has 0 radical (unpaired) electrons. The Hall–Kier alpha value is -0.870. The molecule has 20 heavy (non-hydrogen) atoms. The molecule has 4 nitrogen and oxygen atoms in total. The van der Waals surface area contributed by atoms with E-state index in [-0.39, 0.29) is 6.10 Å². The summed E-state index contributed by atoms with van der Waals surface area (Å²) < 4.78 is 8.05. The van der Waals surface area contributed by atoms with Gasteiger partial charge in [-0.1, -0.05) is 13.8 Å². The Balaban J connectivity index is 1.98. The predicted molar refractivity (Wildman–Crippen MR) is 81.7 cm³/mol. The molecule has 1 aromatic heterocycles. The van der Waals surface area contributed by atoms with Crippen molar-refractivity contribution in [2.45, 2.75) is 52.7 Å². The minimum absolute atomic E-state index is 0.205. The maximum Gasteiger partial charge on any atom is 0.0895 e. The van der Waals surface area contributed by atoms with Crippen LogP contribution in [-0.2, 0) is 4.74 Å². The van der Waals surface area contributed by atoms with Gasteiger partial charge >= 0.3 is 0 Å². The van der Waals surface area contributed by atoms with Crippen molar-refractivity contribution < 1.29 is 4.74 Å². The zero-order valence-corrected chi connectivity index (χ0v) is 13.3. The van der Waals surface area contributed by atoms with E-state index >= 15 is 0 Å². The van der Waals surface area contributed by atoms with E-state index in [0.29, 0.717) is 17.9 Å². The highest BCUT2D eigenvalue weighted by Crippen LogP contribution is 2.33. The van der Waals surface area contributed by atoms with Crippen molar-refractivity contribution in [3.63, 3.8) is 0 Å². The van der Waals surface area contributed by atoms with Crippen LogP contribution in [0.5, 0.6) is 0 Å². The predicted octanol–water partition coefficient (Wildman–Crippen LogP) is 3.18. The van der Waals surface area contributed by atoms with Crippen LogP contribution in [0.2, 0.25) is 0 Å². The fraction of sp³-hybridized carbons (Fsp3) is 0.812. The largest absolute Gasteiger partial charge is 0.373 e. The lowest BCUT2D eigenvalue weighted by Crippen LogP contribution is -2.33. The van der Waals surface area contributed by atoms with Gasteiger partial charge in [-0.15, -0.1) is 0 Å². The molecule has 2 atom stereocenters. The lowest BCUT2D eigenvalue weighted by molar-refractivity contribution is -0.0279. The molecule has 1 N–H and O–H groups in total. The summed E-state index contributed by atoms with van der Waals surface area (Å²) >= 11 is 0. The summed E-state index contributed by atoms with van der Waals surface area (Å²) in [4.78, 5) is 0. The summed E-state index contributed by atoms with van der Waals surface area (Å²) in [7, 11) is 0. The van der Waals surface area contributed by atoms with Gasteiger partial charge in [0.25, 0.3) is 0 Å². The SMILES string of the molecule is CC(C)CNCC1CCCOC1c1cnn(C(C)C)c1. The number of nitrogens with one attached hydrogen (secondary N) is 1. The third-order valence-electron chi connectivity index (χ3n) is 3.88. The van der Waals surface area contributed by atoms with Crippen LogP contribution in [0.1, 0.15) is 58.2 Å². The fourth-order valence-electron chi connectivity index (χ4n) is 2.76. The molecule has 4 heteroatoms. The van der Waals surface area contributed by atoms with Gasteiger partial charge in [-0.25, -0.2) is 0 Å². The average Bonchev–Trinajstić information content (AvgIpc) is 2.88. The van der Waals surface area contributed by atoms with Crippen LogP contribution in [0.15, 0.2) is 12.4 Å². The highest BCUT2D eigenvalue weighted by Gasteiger charge is 2.28. The third kappa shape index (κ3) is 4.06. The lowest BCUT2D eigenvalue weighted by atomic mass is 9.90. The van der Waals surface area contributed by atoms with Crippen LogP contribution in [0.3, 0.4) is 0 Å². The smallest absolute Gasteiger partial charge is 0.0895 e. The van der Waals surface area contributed by atoms with E-state index in [1.807, 2.05) is 10.9 Å². The Morgan fingerprint density at radius 2 is 2.20 bits per heavy atom. The Kier molecular flexibility index (Phi) is 5.61. The van der Waals surface area contributed by atoms with Gasteiger partial charge in [0.15, 0.2) is 0 Å². The van der Waals surface area contributed by atoms with Crippen molar-refractivity contribution in [3.8, 4) is 0 Å². The summed E-state index contributed by atoms with van der Waals surface area (Å²) in [6.45, 7) is 11.8. The first-order valence-electron chi connectivity index (χ1n) is 7.94. The summed E-state index contributed by atoms with van der Waals surface area (Å²) in [6, 6.07) is 0.407. The van der Waals surface area contributed by atoms with Crippen LogP contribution in [0.4, 0.5) is 0 Å². The molecule has 2 rings (SSSR count). The minimum Gasteiger partial charge on any atom is -0.373 e. The van der Waals surface area contributed by atoms with E-state index in [9.17, 15) is 0 Å². The Morgan fingerprint density at radius 3 is 2.85 bits per heavy atom. The minimum atomic E-state index is 0.205. The number of rotatable bonds is 6. The molecule has 2 heterocycles. The van der Waals surface area contributed by atoms with Gasteiger partial charge in [-0.05, 0) is 39.2 Å². The fourth-order valence-corrected chi connectivity index (χ4v) is 2.76. The number of hydrogen-bond acceptors (Lipinski definition) is 3. The van der Waals surface area contributed by atoms with E-state index in [1.54, 1.807) is 0 Å². The van der Waals surface area contributed by atoms with E-state index < -0.39 is 0 Å². The summed E-state index contributed by atoms with van der Waals surface area (Å²) in [5.74, 6) is 1.26. The van der Waals surface area contributed by atoms with Crippen molar-refractivity contribution in [2.75, 3.05) is 19.7 Å². The highest BCUT2D eigenvalue weighted by atomic mass is 16.5. The monoisotopic (exact) mass is 279 g/mol.